The molecule has 1 fully saturated rings. The molecule has 0 aromatic heterocycles. The Balaban J connectivity index is 2.61. The fourth-order valence-electron chi connectivity index (χ4n) is 3.03. The lowest BCUT2D eigenvalue weighted by atomic mass is 9.63. The van der Waals surface area contributed by atoms with Crippen molar-refractivity contribution in [1.82, 2.24) is 5.06 Å². The minimum Gasteiger partial charge on any atom is -0.389 e. The first-order valence-electron chi connectivity index (χ1n) is 6.35. The van der Waals surface area contributed by atoms with Crippen molar-refractivity contribution in [2.45, 2.75) is 25.2 Å². The van der Waals surface area contributed by atoms with Crippen LogP contribution in [-0.2, 0) is 9.63 Å². The van der Waals surface area contributed by atoms with E-state index in [1.165, 1.54) is 13.2 Å². The second-order valence-corrected chi connectivity index (χ2v) is 4.98. The van der Waals surface area contributed by atoms with Gasteiger partial charge in [0, 0.05) is 5.92 Å². The van der Waals surface area contributed by atoms with Crippen LogP contribution in [0.1, 0.15) is 6.92 Å². The number of nitrogens with zero attached hydrogens (tertiary/aromatic N) is 1. The summed E-state index contributed by atoms with van der Waals surface area (Å²) in [5.41, 5.74) is -1.57. The van der Waals surface area contributed by atoms with Crippen LogP contribution in [0.2, 0.25) is 0 Å². The third-order valence-corrected chi connectivity index (χ3v) is 4.05. The molecule has 0 aromatic carbocycles. The lowest BCUT2D eigenvalue weighted by molar-refractivity contribution is -0.179. The van der Waals surface area contributed by atoms with Gasteiger partial charge in [-0.05, 0) is 6.92 Å². The van der Waals surface area contributed by atoms with Crippen molar-refractivity contribution in [2.75, 3.05) is 7.11 Å². The van der Waals surface area contributed by atoms with E-state index < -0.39 is 35.6 Å². The minimum absolute atomic E-state index is 0.0496. The number of hydroxylamine groups is 2. The van der Waals surface area contributed by atoms with Gasteiger partial charge >= 0.3 is 0 Å². The zero-order valence-electron chi connectivity index (χ0n) is 11.4. The SMILES string of the molecule is C=C1[C@H](O)[C@]2(C(=O)N1OC)[C@H](/C=C/C)C=C[C@@H](O)[C@@H]2O. The Labute approximate surface area is 117 Å². The summed E-state index contributed by atoms with van der Waals surface area (Å²) in [5, 5.41) is 31.5. The van der Waals surface area contributed by atoms with Crippen molar-refractivity contribution < 1.29 is 25.0 Å². The van der Waals surface area contributed by atoms with Gasteiger partial charge in [0.25, 0.3) is 5.91 Å². The van der Waals surface area contributed by atoms with Crippen LogP contribution in [-0.4, -0.2) is 51.7 Å². The number of carbonyl (C=O) groups excluding carboxylic acids is 1. The number of hydrogen-bond donors (Lipinski definition) is 3. The summed E-state index contributed by atoms with van der Waals surface area (Å²) < 4.78 is 0. The fourth-order valence-corrected chi connectivity index (χ4v) is 3.03. The average molecular weight is 281 g/mol. The first-order valence-corrected chi connectivity index (χ1v) is 6.35. The average Bonchev–Trinajstić information content (AvgIpc) is 2.61. The zero-order valence-corrected chi connectivity index (χ0v) is 11.4. The minimum atomic E-state index is -1.62. The summed E-state index contributed by atoms with van der Waals surface area (Å²) in [6.07, 6.45) is 2.40. The Bertz CT molecular complexity index is 486. The van der Waals surface area contributed by atoms with Crippen molar-refractivity contribution in [2.24, 2.45) is 11.3 Å². The van der Waals surface area contributed by atoms with Crippen molar-refractivity contribution in [3.8, 4) is 0 Å². The molecule has 1 amide bonds. The third kappa shape index (κ3) is 1.69. The van der Waals surface area contributed by atoms with Gasteiger partial charge in [0.15, 0.2) is 0 Å². The standard InChI is InChI=1S/C14H19NO5/c1-4-5-9-6-7-10(16)12(18)14(9)11(17)8(2)15(20-3)13(14)19/h4-7,9-12,16-18H,2H2,1,3H3/b5-4+/t9-,10-,11+,12+,14-/m1/s1. The number of aliphatic hydroxyl groups is 3. The Kier molecular flexibility index (Phi) is 3.84. The Morgan fingerprint density at radius 1 is 1.40 bits per heavy atom. The van der Waals surface area contributed by atoms with Gasteiger partial charge in [-0.2, -0.15) is 5.06 Å². The summed E-state index contributed by atoms with van der Waals surface area (Å²) in [6.45, 7) is 5.40. The number of carbonyl (C=O) groups is 1. The largest absolute Gasteiger partial charge is 0.389 e. The van der Waals surface area contributed by atoms with Crippen LogP contribution in [0.15, 0.2) is 36.6 Å². The molecule has 110 valence electrons. The van der Waals surface area contributed by atoms with E-state index in [2.05, 4.69) is 6.58 Å². The number of rotatable bonds is 2. The van der Waals surface area contributed by atoms with Crippen molar-refractivity contribution in [1.29, 1.82) is 0 Å². The number of amides is 1. The topological polar surface area (TPSA) is 90.2 Å². The Morgan fingerprint density at radius 2 is 2.05 bits per heavy atom. The molecule has 0 unspecified atom stereocenters. The predicted octanol–water partition coefficient (Wildman–Crippen LogP) is -0.265. The molecule has 1 aliphatic carbocycles. The van der Waals surface area contributed by atoms with E-state index in [1.54, 1.807) is 25.2 Å². The van der Waals surface area contributed by atoms with Gasteiger partial charge in [-0.1, -0.05) is 30.9 Å². The van der Waals surface area contributed by atoms with Crippen molar-refractivity contribution in [3.05, 3.63) is 36.6 Å². The summed E-state index contributed by atoms with van der Waals surface area (Å²) in [4.78, 5) is 17.5. The first kappa shape index (κ1) is 14.9. The van der Waals surface area contributed by atoms with Crippen LogP contribution < -0.4 is 0 Å². The maximum Gasteiger partial charge on any atom is 0.263 e. The molecule has 20 heavy (non-hydrogen) atoms. The number of hydrogen-bond acceptors (Lipinski definition) is 5. The molecular formula is C14H19NO5. The van der Waals surface area contributed by atoms with Gasteiger partial charge in [-0.25, -0.2) is 0 Å². The monoisotopic (exact) mass is 281 g/mol. The Morgan fingerprint density at radius 3 is 2.55 bits per heavy atom. The molecular weight excluding hydrogens is 262 g/mol. The molecule has 0 saturated carbocycles. The lowest BCUT2D eigenvalue weighted by Crippen LogP contribution is -2.58. The summed E-state index contributed by atoms with van der Waals surface area (Å²) in [5.74, 6) is -1.18. The number of allylic oxidation sites excluding steroid dienone is 3. The molecule has 1 heterocycles. The van der Waals surface area contributed by atoms with E-state index in [-0.39, 0.29) is 5.70 Å². The highest BCUT2D eigenvalue weighted by Crippen LogP contribution is 2.50. The summed E-state index contributed by atoms with van der Waals surface area (Å²) >= 11 is 0. The van der Waals surface area contributed by atoms with Crippen LogP contribution in [0, 0.1) is 11.3 Å². The van der Waals surface area contributed by atoms with Gasteiger partial charge < -0.3 is 15.3 Å². The van der Waals surface area contributed by atoms with E-state index >= 15 is 0 Å². The molecule has 0 radical (unpaired) electrons. The maximum atomic E-state index is 12.6. The third-order valence-electron chi connectivity index (χ3n) is 4.05. The molecule has 6 heteroatoms. The normalized spacial score (nSPS) is 41.4. The zero-order chi connectivity index (χ0) is 15.1. The van der Waals surface area contributed by atoms with Crippen LogP contribution in [0.4, 0.5) is 0 Å². The van der Waals surface area contributed by atoms with Gasteiger partial charge in [0.2, 0.25) is 0 Å². The molecule has 1 spiro atoms. The quantitative estimate of drug-likeness (QED) is 0.606. The number of aliphatic hydroxyl groups excluding tert-OH is 3. The molecule has 2 aliphatic rings. The molecule has 0 bridgehead atoms. The van der Waals surface area contributed by atoms with E-state index in [9.17, 15) is 20.1 Å². The highest BCUT2D eigenvalue weighted by Gasteiger charge is 2.65. The fraction of sp³-hybridized carbons (Fsp3) is 0.500. The smallest absolute Gasteiger partial charge is 0.263 e. The molecule has 1 aliphatic heterocycles. The second-order valence-electron chi connectivity index (χ2n) is 4.98. The van der Waals surface area contributed by atoms with Crippen LogP contribution in [0.5, 0.6) is 0 Å². The van der Waals surface area contributed by atoms with Gasteiger partial charge in [0.05, 0.1) is 18.9 Å². The lowest BCUT2D eigenvalue weighted by Gasteiger charge is -2.42. The van der Waals surface area contributed by atoms with E-state index in [0.717, 1.165) is 5.06 Å². The Hall–Kier alpha value is -1.47. The van der Waals surface area contributed by atoms with E-state index in [4.69, 9.17) is 4.84 Å². The van der Waals surface area contributed by atoms with Gasteiger partial charge in [0.1, 0.15) is 17.6 Å². The molecule has 3 N–H and O–H groups in total. The van der Waals surface area contributed by atoms with Crippen LogP contribution in [0.25, 0.3) is 0 Å². The van der Waals surface area contributed by atoms with Crippen molar-refractivity contribution in [3.63, 3.8) is 0 Å². The van der Waals surface area contributed by atoms with Crippen molar-refractivity contribution >= 4 is 5.91 Å². The predicted molar refractivity (Wildman–Crippen MR) is 70.9 cm³/mol. The van der Waals surface area contributed by atoms with Gasteiger partial charge in [-0.3, -0.25) is 9.63 Å². The second kappa shape index (κ2) is 5.14. The van der Waals surface area contributed by atoms with Crippen LogP contribution in [0.3, 0.4) is 0 Å². The molecule has 1 saturated heterocycles. The first-order chi connectivity index (χ1) is 9.42. The molecule has 6 nitrogen and oxygen atoms in total. The molecule has 2 rings (SSSR count). The summed E-state index contributed by atoms with van der Waals surface area (Å²) in [6, 6.07) is 0. The van der Waals surface area contributed by atoms with Gasteiger partial charge in [-0.15, -0.1) is 0 Å². The van der Waals surface area contributed by atoms with E-state index in [0.29, 0.717) is 0 Å². The maximum absolute atomic E-state index is 12.6. The molecule has 0 aromatic rings. The van der Waals surface area contributed by atoms with Crippen LogP contribution >= 0.6 is 0 Å². The van der Waals surface area contributed by atoms with E-state index in [1.807, 2.05) is 0 Å². The highest BCUT2D eigenvalue weighted by molar-refractivity contribution is 5.90. The molecule has 5 atom stereocenters. The summed E-state index contributed by atoms with van der Waals surface area (Å²) in [7, 11) is 1.28. The highest BCUT2D eigenvalue weighted by atomic mass is 16.7.